The maximum absolute atomic E-state index is 13.7. The molecule has 1 fully saturated rings. The van der Waals surface area contributed by atoms with Crippen LogP contribution < -0.4 is 14.8 Å². The number of alkyl halides is 3. The number of sulfonamides is 1. The predicted octanol–water partition coefficient (Wildman–Crippen LogP) is 6.38. The van der Waals surface area contributed by atoms with Crippen LogP contribution in [0.15, 0.2) is 77.7 Å². The van der Waals surface area contributed by atoms with E-state index in [2.05, 4.69) is 20.0 Å². The van der Waals surface area contributed by atoms with Crippen molar-refractivity contribution in [2.75, 3.05) is 11.3 Å². The Labute approximate surface area is 255 Å². The molecule has 0 spiro atoms. The number of hydrogen-bond acceptors (Lipinski definition) is 6. The lowest BCUT2D eigenvalue weighted by Crippen LogP contribution is -2.37. The zero-order chi connectivity index (χ0) is 31.3. The van der Waals surface area contributed by atoms with E-state index in [0.29, 0.717) is 11.3 Å². The number of fused-ring (bicyclic) bond motifs is 4. The van der Waals surface area contributed by atoms with Gasteiger partial charge in [0.2, 0.25) is 11.8 Å². The Bertz CT molecular complexity index is 1850. The van der Waals surface area contributed by atoms with Crippen molar-refractivity contribution in [3.8, 4) is 17.1 Å². The van der Waals surface area contributed by atoms with E-state index in [-0.39, 0.29) is 56.5 Å². The van der Waals surface area contributed by atoms with Gasteiger partial charge in [-0.05, 0) is 67.1 Å². The van der Waals surface area contributed by atoms with Crippen LogP contribution in [0, 0.1) is 13.8 Å². The Kier molecular flexibility index (Phi) is 7.35. The molecule has 0 saturated heterocycles. The summed E-state index contributed by atoms with van der Waals surface area (Å²) in [5.41, 5.74) is 2.29. The Morgan fingerprint density at radius 1 is 0.977 bits per heavy atom. The lowest BCUT2D eigenvalue weighted by molar-refractivity contribution is -0.160. The first kappa shape index (κ1) is 29.6. The van der Waals surface area contributed by atoms with Crippen LogP contribution in [0.1, 0.15) is 48.3 Å². The zero-order valence-electron chi connectivity index (χ0n) is 23.9. The van der Waals surface area contributed by atoms with Gasteiger partial charge in [0.05, 0.1) is 22.5 Å². The second-order valence-corrected chi connectivity index (χ2v) is 12.9. The number of hydrogen-bond donors (Lipinski definition) is 2. The minimum Gasteiger partial charge on any atom is -0.472 e. The molecule has 3 aromatic carbocycles. The van der Waals surface area contributed by atoms with Gasteiger partial charge in [-0.1, -0.05) is 48.5 Å². The number of rotatable bonds is 4. The number of halogens is 3. The van der Waals surface area contributed by atoms with Crippen molar-refractivity contribution in [2.24, 2.45) is 0 Å². The van der Waals surface area contributed by atoms with Crippen molar-refractivity contribution < 1.29 is 34.0 Å². The molecule has 1 unspecified atom stereocenters. The molecule has 1 aromatic heterocycles. The fourth-order valence-electron chi connectivity index (χ4n) is 5.58. The second kappa shape index (κ2) is 10.9. The molecule has 1 amide bonds. The van der Waals surface area contributed by atoms with Gasteiger partial charge in [-0.2, -0.15) is 18.2 Å². The standard InChI is InChI=1S/C32H29F3N4O4S.2H2/c1-19-5-3-6-20(2)28(19)26-17-27-38-30(37-26)39-44(41,42)25-8-4-7-22(16-25)29(40)36-18-24(43-27)15-21-9-11-23(12-10-21)31(13-14-31)32(33,34)35;;/h3-12,16-17,24H,13-15,18H2,1-2H3,(H,36,40)(H,37,38,39);2*1H. The number of ether oxygens (including phenoxy) is 1. The third-order valence-electron chi connectivity index (χ3n) is 8.11. The summed E-state index contributed by atoms with van der Waals surface area (Å²) in [7, 11) is -4.18. The molecular weight excluding hydrogens is 593 g/mol. The Morgan fingerprint density at radius 3 is 2.32 bits per heavy atom. The number of benzene rings is 3. The van der Waals surface area contributed by atoms with E-state index >= 15 is 0 Å². The first-order valence-electron chi connectivity index (χ1n) is 14.0. The minimum atomic E-state index is -4.31. The maximum Gasteiger partial charge on any atom is 0.398 e. The molecule has 1 aliphatic carbocycles. The fourth-order valence-corrected chi connectivity index (χ4v) is 6.57. The van der Waals surface area contributed by atoms with E-state index in [4.69, 9.17) is 4.74 Å². The van der Waals surface area contributed by atoms with Gasteiger partial charge in [-0.25, -0.2) is 18.1 Å². The van der Waals surface area contributed by atoms with Crippen LogP contribution >= 0.6 is 0 Å². The highest BCUT2D eigenvalue weighted by molar-refractivity contribution is 7.92. The average Bonchev–Trinajstić information content (AvgIpc) is 3.78. The molecule has 44 heavy (non-hydrogen) atoms. The SMILES string of the molecule is Cc1cccc(C)c1-c1cc2nc(n1)NS(=O)(=O)c1cccc(c1)C(=O)NCC(Cc1ccc(C3(C(F)(F)F)CC3)cc1)O2.[HH].[HH]. The highest BCUT2D eigenvalue weighted by atomic mass is 32.2. The molecule has 6 rings (SSSR count). The average molecular weight is 627 g/mol. The van der Waals surface area contributed by atoms with Crippen LogP contribution in [0.5, 0.6) is 5.88 Å². The molecule has 4 aromatic rings. The Balaban J connectivity index is 0.00000240. The van der Waals surface area contributed by atoms with Gasteiger partial charge in [0.25, 0.3) is 15.9 Å². The molecule has 2 N–H and O–H groups in total. The molecule has 4 bridgehead atoms. The molecule has 1 atom stereocenters. The third-order valence-corrected chi connectivity index (χ3v) is 9.44. The van der Waals surface area contributed by atoms with Crippen LogP contribution in [-0.4, -0.2) is 43.1 Å². The summed E-state index contributed by atoms with van der Waals surface area (Å²) in [4.78, 5) is 21.7. The quantitative estimate of drug-likeness (QED) is 0.272. The third kappa shape index (κ3) is 5.73. The minimum absolute atomic E-state index is 0. The van der Waals surface area contributed by atoms with E-state index in [1.807, 2.05) is 32.0 Å². The van der Waals surface area contributed by atoms with E-state index in [1.165, 1.54) is 36.4 Å². The van der Waals surface area contributed by atoms with Crippen LogP contribution in [0.3, 0.4) is 0 Å². The molecular formula is C32H33F3N4O4S. The van der Waals surface area contributed by atoms with Crippen LogP contribution in [0.2, 0.25) is 0 Å². The second-order valence-electron chi connectivity index (χ2n) is 11.2. The molecule has 2 heterocycles. The molecule has 1 saturated carbocycles. The lowest BCUT2D eigenvalue weighted by Gasteiger charge is -2.22. The van der Waals surface area contributed by atoms with Gasteiger partial charge in [-0.15, -0.1) is 0 Å². The summed E-state index contributed by atoms with van der Waals surface area (Å²) in [5.74, 6) is -0.666. The lowest BCUT2D eigenvalue weighted by atomic mass is 9.93. The van der Waals surface area contributed by atoms with E-state index < -0.39 is 33.6 Å². The van der Waals surface area contributed by atoms with Crippen LogP contribution in [0.4, 0.5) is 19.1 Å². The monoisotopic (exact) mass is 626 g/mol. The fraction of sp³-hybridized carbons (Fsp3) is 0.281. The Morgan fingerprint density at radius 2 is 1.66 bits per heavy atom. The van der Waals surface area contributed by atoms with E-state index in [9.17, 15) is 26.4 Å². The number of amides is 1. The van der Waals surface area contributed by atoms with E-state index in [0.717, 1.165) is 16.7 Å². The van der Waals surface area contributed by atoms with Crippen LogP contribution in [-0.2, 0) is 21.9 Å². The van der Waals surface area contributed by atoms with Crippen molar-refractivity contribution in [1.29, 1.82) is 0 Å². The molecule has 232 valence electrons. The largest absolute Gasteiger partial charge is 0.472 e. The Hall–Kier alpha value is -4.45. The predicted molar refractivity (Wildman–Crippen MR) is 162 cm³/mol. The number of anilines is 1. The molecule has 8 nitrogen and oxygen atoms in total. The van der Waals surface area contributed by atoms with Crippen molar-refractivity contribution in [2.45, 2.75) is 55.7 Å². The van der Waals surface area contributed by atoms with Crippen LogP contribution in [0.25, 0.3) is 11.3 Å². The van der Waals surface area contributed by atoms with Crippen molar-refractivity contribution >= 4 is 21.9 Å². The highest BCUT2D eigenvalue weighted by Gasteiger charge is 2.64. The molecule has 2 aliphatic rings. The summed E-state index contributed by atoms with van der Waals surface area (Å²) in [6.45, 7) is 3.83. The summed E-state index contributed by atoms with van der Waals surface area (Å²) < 4.78 is 76.2. The molecule has 12 heteroatoms. The molecule has 1 aliphatic heterocycles. The number of carbonyl (C=O) groups is 1. The van der Waals surface area contributed by atoms with Gasteiger partial charge in [-0.3, -0.25) is 4.79 Å². The normalized spacial score (nSPS) is 18.8. The summed E-state index contributed by atoms with van der Waals surface area (Å²) >= 11 is 0. The summed E-state index contributed by atoms with van der Waals surface area (Å²) in [5, 5.41) is 2.79. The topological polar surface area (TPSA) is 110 Å². The number of nitrogens with zero attached hydrogens (tertiary/aromatic N) is 2. The zero-order valence-corrected chi connectivity index (χ0v) is 24.7. The van der Waals surface area contributed by atoms with Gasteiger partial charge >= 0.3 is 6.18 Å². The first-order valence-corrected chi connectivity index (χ1v) is 15.5. The van der Waals surface area contributed by atoms with Crippen molar-refractivity contribution in [3.63, 3.8) is 0 Å². The summed E-state index contributed by atoms with van der Waals surface area (Å²) in [6.07, 6.45) is -4.67. The highest BCUT2D eigenvalue weighted by Crippen LogP contribution is 2.58. The van der Waals surface area contributed by atoms with Crippen molar-refractivity contribution in [3.05, 3.63) is 101 Å². The first-order chi connectivity index (χ1) is 20.8. The maximum atomic E-state index is 13.7. The van der Waals surface area contributed by atoms with E-state index in [1.54, 1.807) is 18.2 Å². The van der Waals surface area contributed by atoms with Crippen molar-refractivity contribution in [1.82, 2.24) is 15.3 Å². The van der Waals surface area contributed by atoms with Gasteiger partial charge < -0.3 is 10.1 Å². The number of carbonyl (C=O) groups excluding carboxylic acids is 1. The van der Waals surface area contributed by atoms with Gasteiger partial charge in [0, 0.05) is 26.5 Å². The molecule has 0 radical (unpaired) electrons. The van der Waals surface area contributed by atoms with Gasteiger partial charge in [0.1, 0.15) is 6.10 Å². The number of nitrogens with one attached hydrogen (secondary N) is 2. The number of aromatic nitrogens is 2. The number of aryl methyl sites for hydroxylation is 2. The van der Waals surface area contributed by atoms with Gasteiger partial charge in [0.15, 0.2) is 0 Å². The summed E-state index contributed by atoms with van der Waals surface area (Å²) in [6, 6.07) is 19.2. The smallest absolute Gasteiger partial charge is 0.398 e.